The number of hydrogen-bond acceptors (Lipinski definition) is 10. The average molecular weight is 780 g/mol. The smallest absolute Gasteiger partial charge is 0.317 e. The van der Waals surface area contributed by atoms with Gasteiger partial charge in [-0.1, -0.05) is 48.9 Å². The van der Waals surface area contributed by atoms with Crippen LogP contribution in [0.4, 0.5) is 4.79 Å². The summed E-state index contributed by atoms with van der Waals surface area (Å²) in [5, 5.41) is 55.2. The SMILES string of the molecule is CC(CCCC(=O)N1CCN(C(=O)NC[C@H](O)[C@@H](O)[C@H](O)[C@H](O)CO)CC1)c1ccc(Cl)c(CNC2(c3cnccc3-c3ccccc3OC3CC3)CC2)c1. The van der Waals surface area contributed by atoms with Crippen molar-refractivity contribution in [2.24, 2.45) is 0 Å². The van der Waals surface area contributed by atoms with Gasteiger partial charge in [0, 0.05) is 74.2 Å². The van der Waals surface area contributed by atoms with Crippen molar-refractivity contribution in [3.05, 3.63) is 82.6 Å². The minimum absolute atomic E-state index is 0.0365. The number of amides is 3. The van der Waals surface area contributed by atoms with Gasteiger partial charge in [0.1, 0.15) is 24.1 Å². The number of nitrogens with zero attached hydrogens (tertiary/aromatic N) is 3. The molecular weight excluding hydrogens is 726 g/mol. The number of hydrogen-bond donors (Lipinski definition) is 7. The summed E-state index contributed by atoms with van der Waals surface area (Å²) in [6, 6.07) is 16.0. The number of urea groups is 1. The maximum absolute atomic E-state index is 13.1. The van der Waals surface area contributed by atoms with E-state index >= 15 is 0 Å². The third-order valence-electron chi connectivity index (χ3n) is 11.1. The van der Waals surface area contributed by atoms with E-state index < -0.39 is 37.1 Å². The van der Waals surface area contributed by atoms with Crippen LogP contribution in [0, 0.1) is 0 Å². The summed E-state index contributed by atoms with van der Waals surface area (Å²) < 4.78 is 6.27. The number of pyridine rings is 1. The first kappa shape index (κ1) is 40.8. The third-order valence-corrected chi connectivity index (χ3v) is 11.4. The van der Waals surface area contributed by atoms with E-state index in [0.29, 0.717) is 56.7 Å². The van der Waals surface area contributed by atoms with Crippen molar-refractivity contribution in [2.75, 3.05) is 39.3 Å². The van der Waals surface area contributed by atoms with Crippen LogP contribution in [0.2, 0.25) is 5.02 Å². The Kier molecular flexibility index (Phi) is 13.7. The second-order valence-corrected chi connectivity index (χ2v) is 15.6. The lowest BCUT2D eigenvalue weighted by Crippen LogP contribution is -2.55. The molecule has 2 heterocycles. The lowest BCUT2D eigenvalue weighted by atomic mass is 9.93. The van der Waals surface area contributed by atoms with Crippen molar-refractivity contribution >= 4 is 23.5 Å². The summed E-state index contributed by atoms with van der Waals surface area (Å²) in [6.07, 6.45) is 3.56. The van der Waals surface area contributed by atoms with Gasteiger partial charge in [-0.05, 0) is 84.9 Å². The van der Waals surface area contributed by atoms with Crippen molar-refractivity contribution in [3.8, 4) is 16.9 Å². The van der Waals surface area contributed by atoms with E-state index in [9.17, 15) is 30.0 Å². The standard InChI is InChI=1S/C41H54ClN5O8/c1-26(5-4-8-37(51)46-17-19-47(20-18-46)40(54)44-24-34(49)38(52)39(53)35(50)25-48)27-9-12-33(42)28(21-27)22-45-41(14-15-41)32-23-43-16-13-30(32)31-6-2-3-7-36(31)55-29-10-11-29/h2-3,6-7,9,12-13,16,21,23,26,29,34-35,38-39,45,48-50,52-53H,4-5,8,10-11,14-15,17-20,22,24-25H2,1H3,(H,44,54)/t26?,34-,35+,38+,39+/m0/s1. The molecule has 2 aliphatic carbocycles. The molecule has 298 valence electrons. The number of para-hydroxylation sites is 1. The van der Waals surface area contributed by atoms with Crippen molar-refractivity contribution in [1.29, 1.82) is 0 Å². The molecule has 7 N–H and O–H groups in total. The summed E-state index contributed by atoms with van der Waals surface area (Å²) in [4.78, 5) is 33.4. The van der Waals surface area contributed by atoms with Crippen LogP contribution in [0.5, 0.6) is 5.75 Å². The number of carbonyl (C=O) groups is 2. The Labute approximate surface area is 327 Å². The van der Waals surface area contributed by atoms with Gasteiger partial charge in [0.15, 0.2) is 0 Å². The molecule has 0 bridgehead atoms. The van der Waals surface area contributed by atoms with Crippen molar-refractivity contribution in [1.82, 2.24) is 25.4 Å². The molecule has 3 amide bonds. The Morgan fingerprint density at radius 1 is 0.964 bits per heavy atom. The summed E-state index contributed by atoms with van der Waals surface area (Å²) in [5.41, 5.74) is 5.40. The number of ether oxygens (including phenoxy) is 1. The van der Waals surface area contributed by atoms with E-state index in [0.717, 1.165) is 54.5 Å². The highest BCUT2D eigenvalue weighted by Gasteiger charge is 2.46. The van der Waals surface area contributed by atoms with E-state index in [4.69, 9.17) is 21.4 Å². The Morgan fingerprint density at radius 2 is 1.67 bits per heavy atom. The second kappa shape index (κ2) is 18.4. The topological polar surface area (TPSA) is 188 Å². The molecule has 0 radical (unpaired) electrons. The van der Waals surface area contributed by atoms with E-state index in [-0.39, 0.29) is 23.9 Å². The van der Waals surface area contributed by atoms with E-state index in [2.05, 4.69) is 58.9 Å². The van der Waals surface area contributed by atoms with Gasteiger partial charge < -0.3 is 50.7 Å². The number of nitrogens with one attached hydrogen (secondary N) is 2. The summed E-state index contributed by atoms with van der Waals surface area (Å²) >= 11 is 6.74. The fraction of sp³-hybridized carbons (Fsp3) is 0.537. The maximum atomic E-state index is 13.1. The lowest BCUT2D eigenvalue weighted by Gasteiger charge is -2.35. The third kappa shape index (κ3) is 10.3. The van der Waals surface area contributed by atoms with Gasteiger partial charge in [0.05, 0.1) is 18.8 Å². The van der Waals surface area contributed by atoms with Gasteiger partial charge in [0.2, 0.25) is 5.91 Å². The van der Waals surface area contributed by atoms with Gasteiger partial charge in [0.25, 0.3) is 0 Å². The number of benzene rings is 2. The number of aliphatic hydroxyl groups is 5. The highest BCUT2D eigenvalue weighted by Crippen LogP contribution is 2.50. The molecular formula is C41H54ClN5O8. The number of carbonyl (C=O) groups excluding carboxylic acids is 2. The molecule has 2 saturated carbocycles. The van der Waals surface area contributed by atoms with Crippen molar-refractivity contribution < 1.29 is 39.9 Å². The lowest BCUT2D eigenvalue weighted by molar-refractivity contribution is -0.132. The zero-order valence-corrected chi connectivity index (χ0v) is 32.1. The molecule has 1 aliphatic heterocycles. The first-order valence-electron chi connectivity index (χ1n) is 19.4. The highest BCUT2D eigenvalue weighted by atomic mass is 35.5. The molecule has 6 rings (SSSR count). The Morgan fingerprint density at radius 3 is 2.38 bits per heavy atom. The van der Waals surface area contributed by atoms with Gasteiger partial charge >= 0.3 is 6.03 Å². The van der Waals surface area contributed by atoms with Crippen LogP contribution in [0.1, 0.15) is 74.5 Å². The largest absolute Gasteiger partial charge is 0.490 e. The first-order chi connectivity index (χ1) is 26.5. The van der Waals surface area contributed by atoms with Crippen LogP contribution >= 0.6 is 11.6 Å². The zero-order chi connectivity index (χ0) is 39.1. The molecule has 3 aliphatic rings. The van der Waals surface area contributed by atoms with Crippen molar-refractivity contribution in [2.45, 2.75) is 100 Å². The Balaban J connectivity index is 0.956. The monoisotopic (exact) mass is 779 g/mol. The minimum Gasteiger partial charge on any atom is -0.490 e. The van der Waals surface area contributed by atoms with Gasteiger partial charge in [-0.3, -0.25) is 9.78 Å². The molecule has 55 heavy (non-hydrogen) atoms. The van der Waals surface area contributed by atoms with Crippen LogP contribution < -0.4 is 15.4 Å². The molecule has 1 aromatic heterocycles. The number of piperazine rings is 1. The predicted molar refractivity (Wildman–Crippen MR) is 207 cm³/mol. The number of aromatic nitrogens is 1. The van der Waals surface area contributed by atoms with Crippen LogP contribution in [0.3, 0.4) is 0 Å². The maximum Gasteiger partial charge on any atom is 0.317 e. The Hall–Kier alpha value is -3.82. The summed E-state index contributed by atoms with van der Waals surface area (Å²) in [7, 11) is 0. The van der Waals surface area contributed by atoms with Gasteiger partial charge in [-0.2, -0.15) is 0 Å². The Bertz CT molecular complexity index is 1770. The minimum atomic E-state index is -1.77. The number of aliphatic hydroxyl groups excluding tert-OH is 5. The fourth-order valence-electron chi connectivity index (χ4n) is 7.17. The quantitative estimate of drug-likeness (QED) is 0.101. The average Bonchev–Trinajstić information content (AvgIpc) is 4.16. The van der Waals surface area contributed by atoms with Crippen LogP contribution in [-0.4, -0.2) is 122 Å². The zero-order valence-electron chi connectivity index (χ0n) is 31.3. The molecule has 2 aromatic carbocycles. The molecule has 3 fully saturated rings. The van der Waals surface area contributed by atoms with Crippen LogP contribution in [0.15, 0.2) is 60.9 Å². The van der Waals surface area contributed by atoms with Crippen LogP contribution in [0.25, 0.3) is 11.1 Å². The van der Waals surface area contributed by atoms with Crippen molar-refractivity contribution in [3.63, 3.8) is 0 Å². The predicted octanol–water partition coefficient (Wildman–Crippen LogP) is 3.29. The van der Waals surface area contributed by atoms with Gasteiger partial charge in [-0.15, -0.1) is 0 Å². The van der Waals surface area contributed by atoms with Crippen LogP contribution in [-0.2, 0) is 16.9 Å². The molecule has 1 saturated heterocycles. The number of halogens is 1. The highest BCUT2D eigenvalue weighted by molar-refractivity contribution is 6.31. The van der Waals surface area contributed by atoms with Gasteiger partial charge in [-0.25, -0.2) is 4.79 Å². The first-order valence-corrected chi connectivity index (χ1v) is 19.7. The normalized spacial score (nSPS) is 19.3. The number of rotatable bonds is 18. The van der Waals surface area contributed by atoms with E-state index in [1.165, 1.54) is 16.0 Å². The summed E-state index contributed by atoms with van der Waals surface area (Å²) in [6.45, 7) is 3.00. The molecule has 5 atom stereocenters. The fourth-order valence-corrected chi connectivity index (χ4v) is 7.35. The van der Waals surface area contributed by atoms with E-state index in [1.54, 1.807) is 4.90 Å². The molecule has 13 nitrogen and oxygen atoms in total. The molecule has 14 heteroatoms. The molecule has 0 spiro atoms. The molecule has 1 unspecified atom stereocenters. The van der Waals surface area contributed by atoms with E-state index in [1.807, 2.05) is 24.5 Å². The summed E-state index contributed by atoms with van der Waals surface area (Å²) in [5.74, 6) is 1.17. The molecule has 3 aromatic rings. The second-order valence-electron chi connectivity index (χ2n) is 15.2.